The second-order valence-corrected chi connectivity index (χ2v) is 6.42. The molecule has 1 aromatic carbocycles. The van der Waals surface area contributed by atoms with E-state index in [0.29, 0.717) is 0 Å². The predicted octanol–water partition coefficient (Wildman–Crippen LogP) is 4.39. The smallest absolute Gasteiger partial charge is 0.161 e. The number of hydrogen-bond donors (Lipinski definition) is 0. The van der Waals surface area contributed by atoms with Crippen molar-refractivity contribution in [3.05, 3.63) is 50.6 Å². The molecule has 0 bridgehead atoms. The quantitative estimate of drug-likeness (QED) is 0.754. The molecular weight excluding hydrogens is 322 g/mol. The summed E-state index contributed by atoms with van der Waals surface area (Å²) in [6, 6.07) is 10.0. The first-order valence-electron chi connectivity index (χ1n) is 6.12. The van der Waals surface area contributed by atoms with Gasteiger partial charge in [0.05, 0.1) is 0 Å². The molecule has 0 aliphatic rings. The molecule has 0 N–H and O–H groups in total. The van der Waals surface area contributed by atoms with Gasteiger partial charge in [-0.15, -0.1) is 11.3 Å². The zero-order chi connectivity index (χ0) is 13.8. The zero-order valence-corrected chi connectivity index (χ0v) is 13.4. The summed E-state index contributed by atoms with van der Waals surface area (Å²) in [5.74, 6) is 0.102. The number of halogens is 1. The largest absolute Gasteiger partial charge is 0.374 e. The number of thiophene rings is 1. The third-order valence-electron chi connectivity index (χ3n) is 3.02. The maximum atomic E-state index is 11.7. The van der Waals surface area contributed by atoms with Crippen LogP contribution in [0.5, 0.6) is 0 Å². The lowest BCUT2D eigenvalue weighted by Gasteiger charge is -2.21. The lowest BCUT2D eigenvalue weighted by Crippen LogP contribution is -2.22. The SMILES string of the molecule is CC(=O)c1ccc(Br)cc1N(C)CCc1cccs1. The number of likely N-dealkylation sites (N-methyl/N-ethyl adjacent to an activating group) is 1. The summed E-state index contributed by atoms with van der Waals surface area (Å²) >= 11 is 5.24. The average Bonchev–Trinajstić information content (AvgIpc) is 2.88. The van der Waals surface area contributed by atoms with Crippen molar-refractivity contribution in [3.8, 4) is 0 Å². The van der Waals surface area contributed by atoms with Crippen LogP contribution in [0.3, 0.4) is 0 Å². The van der Waals surface area contributed by atoms with Crippen molar-refractivity contribution in [1.82, 2.24) is 0 Å². The van der Waals surface area contributed by atoms with Gasteiger partial charge in [-0.2, -0.15) is 0 Å². The van der Waals surface area contributed by atoms with E-state index in [4.69, 9.17) is 0 Å². The van der Waals surface area contributed by atoms with Crippen LogP contribution in [0.1, 0.15) is 22.2 Å². The van der Waals surface area contributed by atoms with Crippen molar-refractivity contribution in [2.75, 3.05) is 18.5 Å². The Bertz CT molecular complexity index is 566. The van der Waals surface area contributed by atoms with E-state index >= 15 is 0 Å². The van der Waals surface area contributed by atoms with Crippen molar-refractivity contribution in [2.45, 2.75) is 13.3 Å². The molecule has 0 fully saturated rings. The number of carbonyl (C=O) groups excluding carboxylic acids is 1. The van der Waals surface area contributed by atoms with E-state index in [-0.39, 0.29) is 5.78 Å². The highest BCUT2D eigenvalue weighted by molar-refractivity contribution is 9.10. The molecule has 2 nitrogen and oxygen atoms in total. The maximum Gasteiger partial charge on any atom is 0.161 e. The molecule has 0 unspecified atom stereocenters. The van der Waals surface area contributed by atoms with Gasteiger partial charge in [0.1, 0.15) is 0 Å². The molecule has 100 valence electrons. The molecular formula is C15H16BrNOS. The average molecular weight is 338 g/mol. The van der Waals surface area contributed by atoms with Crippen LogP contribution in [-0.4, -0.2) is 19.4 Å². The molecule has 0 saturated heterocycles. The summed E-state index contributed by atoms with van der Waals surface area (Å²) in [7, 11) is 2.03. The van der Waals surface area contributed by atoms with Gasteiger partial charge in [-0.05, 0) is 43.0 Å². The Kier molecular flexibility index (Phi) is 4.77. The van der Waals surface area contributed by atoms with Gasteiger partial charge >= 0.3 is 0 Å². The van der Waals surface area contributed by atoms with Gasteiger partial charge < -0.3 is 4.90 Å². The highest BCUT2D eigenvalue weighted by Crippen LogP contribution is 2.25. The molecule has 0 spiro atoms. The van der Waals surface area contributed by atoms with Gasteiger partial charge in [-0.3, -0.25) is 4.79 Å². The molecule has 2 aromatic rings. The fraction of sp³-hybridized carbons (Fsp3) is 0.267. The standard InChI is InChI=1S/C15H16BrNOS/c1-11(18)14-6-5-12(16)10-15(14)17(2)8-7-13-4-3-9-19-13/h3-6,9-10H,7-8H2,1-2H3. The number of benzene rings is 1. The summed E-state index contributed by atoms with van der Waals surface area (Å²) in [6.07, 6.45) is 0.998. The number of ketones is 1. The number of anilines is 1. The van der Waals surface area contributed by atoms with Crippen LogP contribution in [0.4, 0.5) is 5.69 Å². The molecule has 0 atom stereocenters. The number of carbonyl (C=O) groups is 1. The molecule has 1 heterocycles. The first-order chi connectivity index (χ1) is 9.08. The van der Waals surface area contributed by atoms with Crippen LogP contribution in [0.25, 0.3) is 0 Å². The van der Waals surface area contributed by atoms with Gasteiger partial charge in [0.2, 0.25) is 0 Å². The molecule has 0 aliphatic carbocycles. The number of hydrogen-bond acceptors (Lipinski definition) is 3. The minimum atomic E-state index is 0.102. The van der Waals surface area contributed by atoms with Crippen LogP contribution < -0.4 is 4.90 Å². The Balaban J connectivity index is 2.15. The van der Waals surface area contributed by atoms with Gasteiger partial charge in [-0.1, -0.05) is 22.0 Å². The highest BCUT2D eigenvalue weighted by atomic mass is 79.9. The summed E-state index contributed by atoms with van der Waals surface area (Å²) < 4.78 is 0.996. The highest BCUT2D eigenvalue weighted by Gasteiger charge is 2.11. The van der Waals surface area contributed by atoms with Crippen LogP contribution in [-0.2, 0) is 6.42 Å². The first-order valence-corrected chi connectivity index (χ1v) is 7.79. The predicted molar refractivity (Wildman–Crippen MR) is 85.4 cm³/mol. The second kappa shape index (κ2) is 6.35. The van der Waals surface area contributed by atoms with Crippen molar-refractivity contribution in [1.29, 1.82) is 0 Å². The molecule has 0 saturated carbocycles. The zero-order valence-electron chi connectivity index (χ0n) is 11.0. The lowest BCUT2D eigenvalue weighted by atomic mass is 10.1. The van der Waals surface area contributed by atoms with E-state index < -0.39 is 0 Å². The molecule has 0 aliphatic heterocycles. The summed E-state index contributed by atoms with van der Waals surface area (Å²) in [4.78, 5) is 15.2. The van der Waals surface area contributed by atoms with Gasteiger partial charge in [0.25, 0.3) is 0 Å². The molecule has 4 heteroatoms. The lowest BCUT2D eigenvalue weighted by molar-refractivity contribution is 0.101. The van der Waals surface area contributed by atoms with Gasteiger partial charge in [0, 0.05) is 34.2 Å². The van der Waals surface area contributed by atoms with Crippen LogP contribution in [0.2, 0.25) is 0 Å². The Labute approximate surface area is 126 Å². The minimum absolute atomic E-state index is 0.102. The summed E-state index contributed by atoms with van der Waals surface area (Å²) in [5, 5.41) is 2.09. The Morgan fingerprint density at radius 2 is 2.16 bits per heavy atom. The van der Waals surface area contributed by atoms with E-state index in [1.54, 1.807) is 18.3 Å². The summed E-state index contributed by atoms with van der Waals surface area (Å²) in [6.45, 7) is 2.51. The first kappa shape index (κ1) is 14.3. The van der Waals surface area contributed by atoms with E-state index in [1.165, 1.54) is 4.88 Å². The van der Waals surface area contributed by atoms with E-state index in [2.05, 4.69) is 38.3 Å². The third kappa shape index (κ3) is 3.67. The van der Waals surface area contributed by atoms with E-state index in [0.717, 1.165) is 28.7 Å². The molecule has 19 heavy (non-hydrogen) atoms. The topological polar surface area (TPSA) is 20.3 Å². The number of Topliss-reactive ketones (excluding diaryl/α,β-unsaturated/α-hetero) is 1. The normalized spacial score (nSPS) is 10.5. The molecule has 1 aromatic heterocycles. The van der Waals surface area contributed by atoms with Crippen LogP contribution >= 0.6 is 27.3 Å². The number of nitrogens with zero attached hydrogens (tertiary/aromatic N) is 1. The molecule has 0 radical (unpaired) electrons. The van der Waals surface area contributed by atoms with Crippen molar-refractivity contribution < 1.29 is 4.79 Å². The maximum absolute atomic E-state index is 11.7. The number of rotatable bonds is 5. The van der Waals surface area contributed by atoms with Crippen LogP contribution in [0.15, 0.2) is 40.2 Å². The monoisotopic (exact) mass is 337 g/mol. The van der Waals surface area contributed by atoms with Gasteiger partial charge in [-0.25, -0.2) is 0 Å². The van der Waals surface area contributed by atoms with E-state index in [9.17, 15) is 4.79 Å². The second-order valence-electron chi connectivity index (χ2n) is 4.47. The Hall–Kier alpha value is -1.13. The van der Waals surface area contributed by atoms with E-state index in [1.807, 2.05) is 25.2 Å². The van der Waals surface area contributed by atoms with Crippen LogP contribution in [0, 0.1) is 0 Å². The fourth-order valence-electron chi connectivity index (χ4n) is 1.97. The Morgan fingerprint density at radius 1 is 1.37 bits per heavy atom. The van der Waals surface area contributed by atoms with Crippen molar-refractivity contribution >= 4 is 38.7 Å². The Morgan fingerprint density at radius 3 is 2.79 bits per heavy atom. The minimum Gasteiger partial charge on any atom is -0.374 e. The molecule has 2 rings (SSSR count). The van der Waals surface area contributed by atoms with Crippen molar-refractivity contribution in [3.63, 3.8) is 0 Å². The van der Waals surface area contributed by atoms with Gasteiger partial charge in [0.15, 0.2) is 5.78 Å². The third-order valence-corrected chi connectivity index (χ3v) is 4.45. The summed E-state index contributed by atoms with van der Waals surface area (Å²) in [5.41, 5.74) is 1.76. The molecule has 0 amide bonds. The van der Waals surface area contributed by atoms with Crippen molar-refractivity contribution in [2.24, 2.45) is 0 Å². The fourth-order valence-corrected chi connectivity index (χ4v) is 3.02.